The molecule has 0 N–H and O–H groups in total. The van der Waals surface area contributed by atoms with Crippen LogP contribution in [0.15, 0.2) is 46.3 Å². The van der Waals surface area contributed by atoms with Crippen LogP contribution in [-0.4, -0.2) is 25.6 Å². The summed E-state index contributed by atoms with van der Waals surface area (Å²) in [6, 6.07) is 7.60. The van der Waals surface area contributed by atoms with E-state index in [1.807, 2.05) is 24.3 Å². The van der Waals surface area contributed by atoms with Crippen LogP contribution in [0.1, 0.15) is 0 Å². The van der Waals surface area contributed by atoms with Gasteiger partial charge in [-0.1, -0.05) is 0 Å². The topological polar surface area (TPSA) is 68.9 Å². The summed E-state index contributed by atoms with van der Waals surface area (Å²) >= 11 is 0. The summed E-state index contributed by atoms with van der Waals surface area (Å²) in [5.74, 6) is 0. The monoisotopic (exact) mass is 259 g/mol. The van der Waals surface area contributed by atoms with Gasteiger partial charge in [0.05, 0.1) is 23.3 Å². The summed E-state index contributed by atoms with van der Waals surface area (Å²) in [5, 5.41) is 9.10. The molecule has 2 aromatic heterocycles. The van der Waals surface area contributed by atoms with E-state index in [1.165, 1.54) is 6.26 Å². The molecule has 90 valence electrons. The van der Waals surface area contributed by atoms with E-state index in [9.17, 15) is 4.21 Å². The zero-order valence-electron chi connectivity index (χ0n) is 9.53. The van der Waals surface area contributed by atoms with Crippen molar-refractivity contribution in [1.82, 2.24) is 15.2 Å². The molecule has 1 aromatic carbocycles. The van der Waals surface area contributed by atoms with Crippen LogP contribution in [0.2, 0.25) is 0 Å². The maximum absolute atomic E-state index is 11.2. The van der Waals surface area contributed by atoms with Crippen molar-refractivity contribution in [2.24, 2.45) is 0 Å². The third-order valence-electron chi connectivity index (χ3n) is 2.55. The zero-order valence-corrected chi connectivity index (χ0v) is 10.3. The largest absolute Gasteiger partial charge is 0.464 e. The molecular weight excluding hydrogens is 250 g/mol. The van der Waals surface area contributed by atoms with Crippen molar-refractivity contribution in [2.75, 3.05) is 6.26 Å². The normalized spacial score (nSPS) is 12.7. The maximum Gasteiger partial charge on any atom is 0.239 e. The van der Waals surface area contributed by atoms with Gasteiger partial charge in [0, 0.05) is 17.2 Å². The molecule has 3 aromatic rings. The average molecular weight is 259 g/mol. The first-order valence-corrected chi connectivity index (χ1v) is 6.80. The molecule has 0 amide bonds. The first-order chi connectivity index (χ1) is 8.74. The first-order valence-electron chi connectivity index (χ1n) is 5.25. The van der Waals surface area contributed by atoms with Gasteiger partial charge >= 0.3 is 0 Å². The number of nitrogens with zero attached hydrogens (tertiary/aromatic N) is 3. The molecule has 0 radical (unpaired) electrons. The third kappa shape index (κ3) is 1.91. The summed E-state index contributed by atoms with van der Waals surface area (Å²) in [6.45, 7) is 0. The van der Waals surface area contributed by atoms with Crippen molar-refractivity contribution in [1.29, 1.82) is 0 Å². The van der Waals surface area contributed by atoms with Gasteiger partial charge in [0.25, 0.3) is 0 Å². The van der Waals surface area contributed by atoms with E-state index in [0.29, 0.717) is 5.69 Å². The number of aromatic nitrogens is 3. The Bertz CT molecular complexity index is 722. The van der Waals surface area contributed by atoms with E-state index < -0.39 is 10.8 Å². The highest BCUT2D eigenvalue weighted by Gasteiger charge is 2.06. The Labute approximate surface area is 105 Å². The van der Waals surface area contributed by atoms with Crippen LogP contribution >= 0.6 is 0 Å². The van der Waals surface area contributed by atoms with Gasteiger partial charge < -0.3 is 4.42 Å². The van der Waals surface area contributed by atoms with Crippen LogP contribution in [0.25, 0.3) is 22.2 Å². The van der Waals surface area contributed by atoms with Gasteiger partial charge in [-0.15, -0.1) is 10.2 Å². The Hall–Kier alpha value is -2.08. The second kappa shape index (κ2) is 4.30. The molecule has 2 heterocycles. The number of fused-ring (bicyclic) bond motifs is 1. The summed E-state index contributed by atoms with van der Waals surface area (Å²) in [6.07, 6.45) is 4.74. The molecule has 0 bridgehead atoms. The minimum absolute atomic E-state index is 0.239. The SMILES string of the molecule is CS(=O)c1ncc(-c2ccc3occc3c2)nn1. The van der Waals surface area contributed by atoms with Crippen LogP contribution in [0.4, 0.5) is 0 Å². The molecule has 0 saturated heterocycles. The van der Waals surface area contributed by atoms with Crippen LogP contribution in [-0.2, 0) is 10.8 Å². The fourth-order valence-electron chi connectivity index (χ4n) is 1.65. The second-order valence-electron chi connectivity index (χ2n) is 3.75. The summed E-state index contributed by atoms with van der Waals surface area (Å²) in [7, 11) is -1.21. The van der Waals surface area contributed by atoms with Crippen molar-refractivity contribution in [3.05, 3.63) is 36.7 Å². The number of hydrogen-bond acceptors (Lipinski definition) is 5. The number of hydrogen-bond donors (Lipinski definition) is 0. The highest BCUT2D eigenvalue weighted by atomic mass is 32.2. The van der Waals surface area contributed by atoms with Gasteiger partial charge in [-0.05, 0) is 24.3 Å². The maximum atomic E-state index is 11.2. The van der Waals surface area contributed by atoms with Crippen molar-refractivity contribution in [3.63, 3.8) is 0 Å². The number of rotatable bonds is 2. The van der Waals surface area contributed by atoms with Crippen molar-refractivity contribution in [2.45, 2.75) is 5.16 Å². The van der Waals surface area contributed by atoms with E-state index in [2.05, 4.69) is 15.2 Å². The lowest BCUT2D eigenvalue weighted by Gasteiger charge is -2.00. The summed E-state index contributed by atoms with van der Waals surface area (Å²) in [5.41, 5.74) is 2.37. The number of furan rings is 1. The molecule has 0 saturated carbocycles. The van der Waals surface area contributed by atoms with E-state index in [1.54, 1.807) is 12.5 Å². The van der Waals surface area contributed by atoms with Gasteiger partial charge in [-0.25, -0.2) is 4.98 Å². The van der Waals surface area contributed by atoms with Crippen LogP contribution in [0.5, 0.6) is 0 Å². The molecule has 18 heavy (non-hydrogen) atoms. The highest BCUT2D eigenvalue weighted by Crippen LogP contribution is 2.22. The second-order valence-corrected chi connectivity index (χ2v) is 5.03. The lowest BCUT2D eigenvalue weighted by Crippen LogP contribution is -1.99. The molecule has 5 nitrogen and oxygen atoms in total. The Balaban J connectivity index is 2.05. The molecule has 1 unspecified atom stereocenters. The van der Waals surface area contributed by atoms with Gasteiger partial charge in [0.1, 0.15) is 11.3 Å². The standard InChI is InChI=1S/C12H9N3O2S/c1-18(16)12-13-7-10(14-15-12)8-2-3-11-9(6-8)4-5-17-11/h2-7H,1H3. The van der Waals surface area contributed by atoms with Crippen LogP contribution in [0, 0.1) is 0 Å². The first kappa shape index (κ1) is 11.0. The predicted molar refractivity (Wildman–Crippen MR) is 67.4 cm³/mol. The molecule has 0 aliphatic carbocycles. The predicted octanol–water partition coefficient (Wildman–Crippen LogP) is 2.02. The quantitative estimate of drug-likeness (QED) is 0.704. The smallest absolute Gasteiger partial charge is 0.239 e. The average Bonchev–Trinajstić information content (AvgIpc) is 2.86. The lowest BCUT2D eigenvalue weighted by molar-refractivity contribution is 0.616. The molecule has 0 fully saturated rings. The Kier molecular flexibility index (Phi) is 2.64. The molecule has 0 aliphatic rings. The fourth-order valence-corrected chi connectivity index (χ4v) is 2.01. The van der Waals surface area contributed by atoms with Gasteiger partial charge in [-0.3, -0.25) is 4.21 Å². The summed E-state index contributed by atoms with van der Waals surface area (Å²) < 4.78 is 16.4. The molecule has 1 atom stereocenters. The minimum Gasteiger partial charge on any atom is -0.464 e. The van der Waals surface area contributed by atoms with E-state index in [0.717, 1.165) is 16.5 Å². The van der Waals surface area contributed by atoms with E-state index in [4.69, 9.17) is 4.42 Å². The highest BCUT2D eigenvalue weighted by molar-refractivity contribution is 7.84. The zero-order chi connectivity index (χ0) is 12.5. The number of benzene rings is 1. The third-order valence-corrected chi connectivity index (χ3v) is 3.25. The van der Waals surface area contributed by atoms with Crippen molar-refractivity contribution in [3.8, 4) is 11.3 Å². The minimum atomic E-state index is -1.21. The van der Waals surface area contributed by atoms with Crippen LogP contribution < -0.4 is 0 Å². The molecular formula is C12H9N3O2S. The van der Waals surface area contributed by atoms with Gasteiger partial charge in [0.15, 0.2) is 0 Å². The van der Waals surface area contributed by atoms with E-state index >= 15 is 0 Å². The lowest BCUT2D eigenvalue weighted by atomic mass is 10.1. The van der Waals surface area contributed by atoms with Crippen LogP contribution in [0.3, 0.4) is 0 Å². The molecule has 0 spiro atoms. The molecule has 0 aliphatic heterocycles. The molecule has 3 rings (SSSR count). The van der Waals surface area contributed by atoms with Gasteiger partial charge in [-0.2, -0.15) is 0 Å². The van der Waals surface area contributed by atoms with Crippen molar-refractivity contribution < 1.29 is 8.63 Å². The Morgan fingerprint density at radius 3 is 2.83 bits per heavy atom. The Morgan fingerprint density at radius 1 is 1.22 bits per heavy atom. The Morgan fingerprint density at radius 2 is 2.11 bits per heavy atom. The van der Waals surface area contributed by atoms with Crippen molar-refractivity contribution >= 4 is 21.8 Å². The van der Waals surface area contributed by atoms with Gasteiger partial charge in [0.2, 0.25) is 5.16 Å². The van der Waals surface area contributed by atoms with E-state index in [-0.39, 0.29) is 5.16 Å². The molecule has 6 heteroatoms. The summed E-state index contributed by atoms with van der Waals surface area (Å²) in [4.78, 5) is 4.03. The fraction of sp³-hybridized carbons (Fsp3) is 0.0833.